The minimum absolute atomic E-state index is 0.209. The predicted molar refractivity (Wildman–Crippen MR) is 98.2 cm³/mol. The Kier molecular flexibility index (Phi) is 4.58. The zero-order valence-corrected chi connectivity index (χ0v) is 15.1. The number of hydrogen-bond acceptors (Lipinski definition) is 4. The van der Waals surface area contributed by atoms with E-state index in [1.807, 2.05) is 31.2 Å². The summed E-state index contributed by atoms with van der Waals surface area (Å²) in [5.74, 6) is 1.28. The van der Waals surface area contributed by atoms with Gasteiger partial charge in [-0.2, -0.15) is 0 Å². The number of rotatable bonds is 5. The van der Waals surface area contributed by atoms with E-state index in [0.717, 1.165) is 33.8 Å². The predicted octanol–water partition coefficient (Wildman–Crippen LogP) is 3.47. The number of primary sulfonamides is 1. The molecule has 6 heteroatoms. The quantitative estimate of drug-likeness (QED) is 0.829. The van der Waals surface area contributed by atoms with Crippen LogP contribution in [-0.2, 0) is 15.8 Å². The van der Waals surface area contributed by atoms with Gasteiger partial charge in [-0.3, -0.25) is 0 Å². The number of hydrogen-bond donors (Lipinski definition) is 1. The zero-order chi connectivity index (χ0) is 18.2. The van der Waals surface area contributed by atoms with Gasteiger partial charge in [0.15, 0.2) is 0 Å². The molecule has 1 aliphatic rings. The van der Waals surface area contributed by atoms with Crippen molar-refractivity contribution in [2.75, 3.05) is 7.11 Å². The normalized spacial score (nSPS) is 15.7. The van der Waals surface area contributed by atoms with Crippen LogP contribution >= 0.6 is 0 Å². The lowest BCUT2D eigenvalue weighted by atomic mass is 9.89. The van der Waals surface area contributed by atoms with Gasteiger partial charge >= 0.3 is 0 Å². The molecular weight excluding hydrogens is 338 g/mol. The van der Waals surface area contributed by atoms with Gasteiger partial charge in [0.2, 0.25) is 10.0 Å². The number of ether oxygens (including phenoxy) is 2. The average molecular weight is 359 g/mol. The van der Waals surface area contributed by atoms with Crippen LogP contribution in [0.2, 0.25) is 0 Å². The van der Waals surface area contributed by atoms with Crippen LogP contribution in [-0.4, -0.2) is 15.5 Å². The first kappa shape index (κ1) is 17.5. The Morgan fingerprint density at radius 3 is 2.72 bits per heavy atom. The third-order valence-electron chi connectivity index (χ3n) is 4.18. The lowest BCUT2D eigenvalue weighted by Crippen LogP contribution is -2.17. The van der Waals surface area contributed by atoms with Crippen LogP contribution in [0.15, 0.2) is 43.0 Å². The Morgan fingerprint density at radius 2 is 2.08 bits per heavy atom. The van der Waals surface area contributed by atoms with E-state index >= 15 is 0 Å². The maximum Gasteiger partial charge on any atom is 0.213 e. The van der Waals surface area contributed by atoms with E-state index < -0.39 is 10.0 Å². The molecule has 1 unspecified atom stereocenters. The number of sulfonamides is 1. The summed E-state index contributed by atoms with van der Waals surface area (Å²) in [6.45, 7) is 5.78. The molecule has 0 aliphatic carbocycles. The maximum absolute atomic E-state index is 11.4. The molecule has 0 bridgehead atoms. The molecular formula is C19H21NO4S. The highest BCUT2D eigenvalue weighted by atomic mass is 32.2. The molecule has 132 valence electrons. The molecule has 2 aromatic rings. The second-order valence-electron chi connectivity index (χ2n) is 6.20. The summed E-state index contributed by atoms with van der Waals surface area (Å²) in [4.78, 5) is 0. The number of methoxy groups -OCH3 is 1. The van der Waals surface area contributed by atoms with Crippen molar-refractivity contribution in [1.82, 2.24) is 0 Å². The van der Waals surface area contributed by atoms with E-state index in [0.29, 0.717) is 12.0 Å². The minimum atomic E-state index is -3.60. The average Bonchev–Trinajstić information content (AvgIpc) is 2.52. The molecule has 0 radical (unpaired) electrons. The van der Waals surface area contributed by atoms with Gasteiger partial charge in [0.25, 0.3) is 0 Å². The van der Waals surface area contributed by atoms with E-state index in [2.05, 4.69) is 6.58 Å². The zero-order valence-electron chi connectivity index (χ0n) is 14.3. The summed E-state index contributed by atoms with van der Waals surface area (Å²) in [6.07, 6.45) is 2.17. The van der Waals surface area contributed by atoms with Crippen LogP contribution in [0.4, 0.5) is 0 Å². The van der Waals surface area contributed by atoms with Crippen LogP contribution in [0.3, 0.4) is 0 Å². The van der Waals surface area contributed by atoms with Gasteiger partial charge in [0, 0.05) is 12.0 Å². The molecule has 5 nitrogen and oxygen atoms in total. The molecule has 0 spiro atoms. The summed E-state index contributed by atoms with van der Waals surface area (Å²) in [6, 6.07) is 9.47. The molecule has 0 saturated carbocycles. The van der Waals surface area contributed by atoms with Crippen LogP contribution in [0.25, 0.3) is 11.1 Å². The first-order valence-electron chi connectivity index (χ1n) is 7.92. The van der Waals surface area contributed by atoms with Crippen LogP contribution in [0, 0.1) is 6.92 Å². The molecule has 1 heterocycles. The van der Waals surface area contributed by atoms with Crippen molar-refractivity contribution in [2.24, 2.45) is 5.14 Å². The van der Waals surface area contributed by atoms with E-state index in [1.54, 1.807) is 19.3 Å². The Balaban J connectivity index is 2.20. The van der Waals surface area contributed by atoms with E-state index in [9.17, 15) is 8.42 Å². The Morgan fingerprint density at radius 1 is 1.32 bits per heavy atom. The summed E-state index contributed by atoms with van der Waals surface area (Å²) < 4.78 is 34.6. The number of aryl methyl sites for hydroxylation is 1. The molecule has 0 saturated heterocycles. The van der Waals surface area contributed by atoms with Crippen molar-refractivity contribution < 1.29 is 17.9 Å². The van der Waals surface area contributed by atoms with Gasteiger partial charge in [-0.05, 0) is 35.7 Å². The highest BCUT2D eigenvalue weighted by Crippen LogP contribution is 2.48. The van der Waals surface area contributed by atoms with Crippen molar-refractivity contribution in [2.45, 2.75) is 25.2 Å². The van der Waals surface area contributed by atoms with E-state index in [4.69, 9.17) is 14.6 Å². The Hall–Kier alpha value is -2.31. The van der Waals surface area contributed by atoms with Crippen molar-refractivity contribution in [3.8, 4) is 22.6 Å². The fourth-order valence-electron chi connectivity index (χ4n) is 3.21. The standard InChI is InChI=1S/C19H21NO4S/c1-4-5-16-15-10-13(11-25(20,21)22)6-7-14(15)19-17(23-3)8-12(2)9-18(19)24-16/h4,6-10,16H,1,5,11H2,2-3H3,(H2,20,21,22). The number of fused-ring (bicyclic) bond motifs is 3. The lowest BCUT2D eigenvalue weighted by molar-refractivity contribution is 0.204. The molecule has 1 aliphatic heterocycles. The molecule has 3 rings (SSSR count). The first-order valence-corrected chi connectivity index (χ1v) is 9.64. The summed E-state index contributed by atoms with van der Waals surface area (Å²) in [5, 5.41) is 5.18. The van der Waals surface area contributed by atoms with Gasteiger partial charge < -0.3 is 9.47 Å². The Bertz CT molecular complexity index is 935. The topological polar surface area (TPSA) is 78.6 Å². The smallest absolute Gasteiger partial charge is 0.213 e. The summed E-state index contributed by atoms with van der Waals surface area (Å²) >= 11 is 0. The van der Waals surface area contributed by atoms with Gasteiger partial charge in [-0.1, -0.05) is 24.3 Å². The van der Waals surface area contributed by atoms with Crippen molar-refractivity contribution in [3.63, 3.8) is 0 Å². The molecule has 1 atom stereocenters. The van der Waals surface area contributed by atoms with Crippen LogP contribution in [0.1, 0.15) is 29.2 Å². The Labute approximate surface area is 148 Å². The number of benzene rings is 2. The largest absolute Gasteiger partial charge is 0.496 e. The third kappa shape index (κ3) is 3.55. The molecule has 0 amide bonds. The van der Waals surface area contributed by atoms with E-state index in [-0.39, 0.29) is 11.9 Å². The van der Waals surface area contributed by atoms with Gasteiger partial charge in [0.1, 0.15) is 17.6 Å². The SMILES string of the molecule is C=CCC1Oc2cc(C)cc(OC)c2-c2ccc(CS(N)(=O)=O)cc21. The third-order valence-corrected chi connectivity index (χ3v) is 4.92. The van der Waals surface area contributed by atoms with E-state index in [1.165, 1.54) is 0 Å². The second-order valence-corrected chi connectivity index (χ2v) is 7.81. The number of nitrogens with two attached hydrogens (primary N) is 1. The highest BCUT2D eigenvalue weighted by Gasteiger charge is 2.28. The molecule has 0 fully saturated rings. The molecule has 2 aromatic carbocycles. The fourth-order valence-corrected chi connectivity index (χ4v) is 3.86. The molecule has 0 aromatic heterocycles. The monoisotopic (exact) mass is 359 g/mol. The van der Waals surface area contributed by atoms with Gasteiger partial charge in [0.05, 0.1) is 18.4 Å². The minimum Gasteiger partial charge on any atom is -0.496 e. The van der Waals surface area contributed by atoms with Gasteiger partial charge in [-0.25, -0.2) is 13.6 Å². The van der Waals surface area contributed by atoms with Crippen molar-refractivity contribution in [1.29, 1.82) is 0 Å². The fraction of sp³-hybridized carbons (Fsp3) is 0.263. The van der Waals surface area contributed by atoms with Crippen LogP contribution < -0.4 is 14.6 Å². The highest BCUT2D eigenvalue weighted by molar-refractivity contribution is 7.88. The summed E-state index contributed by atoms with van der Waals surface area (Å²) in [5.41, 5.74) is 4.44. The van der Waals surface area contributed by atoms with Crippen molar-refractivity contribution in [3.05, 3.63) is 59.7 Å². The van der Waals surface area contributed by atoms with Crippen LogP contribution in [0.5, 0.6) is 11.5 Å². The van der Waals surface area contributed by atoms with Gasteiger partial charge in [-0.15, -0.1) is 6.58 Å². The molecule has 2 N–H and O–H groups in total. The second kappa shape index (κ2) is 6.54. The summed E-state index contributed by atoms with van der Waals surface area (Å²) in [7, 11) is -1.97. The van der Waals surface area contributed by atoms with Crippen molar-refractivity contribution >= 4 is 10.0 Å². The first-order chi connectivity index (χ1) is 11.8. The lowest BCUT2D eigenvalue weighted by Gasteiger charge is -2.30. The molecule has 25 heavy (non-hydrogen) atoms. The maximum atomic E-state index is 11.4.